The van der Waals surface area contributed by atoms with Gasteiger partial charge in [-0.05, 0) is 37.8 Å². The zero-order valence-corrected chi connectivity index (χ0v) is 12.2. The standard InChI is InChI=1S/C16H20N4O/c1-11-4-2-5-13-15(11)18-10-19-16(13)17-9-3-6-14(21)20-12-7-8-12/h2,4-5,10,12H,3,6-9H2,1H3,(H,20,21)(H,17,18,19). The Hall–Kier alpha value is -2.17. The first-order valence-electron chi connectivity index (χ1n) is 7.47. The lowest BCUT2D eigenvalue weighted by Crippen LogP contribution is -2.25. The van der Waals surface area contributed by atoms with E-state index in [4.69, 9.17) is 0 Å². The quantitative estimate of drug-likeness (QED) is 0.799. The third-order valence-corrected chi connectivity index (χ3v) is 3.68. The van der Waals surface area contributed by atoms with Gasteiger partial charge < -0.3 is 10.6 Å². The maximum absolute atomic E-state index is 11.6. The number of hydrogen-bond donors (Lipinski definition) is 2. The zero-order valence-electron chi connectivity index (χ0n) is 12.2. The fraction of sp³-hybridized carbons (Fsp3) is 0.438. The fourth-order valence-corrected chi connectivity index (χ4v) is 2.36. The SMILES string of the molecule is Cc1cccc2c(NCCCC(=O)NC3CC3)ncnc12. The van der Waals surface area contributed by atoms with Gasteiger partial charge in [-0.2, -0.15) is 0 Å². The third kappa shape index (κ3) is 3.48. The normalized spacial score (nSPS) is 14.1. The van der Waals surface area contributed by atoms with E-state index >= 15 is 0 Å². The summed E-state index contributed by atoms with van der Waals surface area (Å²) in [5, 5.41) is 7.33. The molecule has 2 aromatic rings. The third-order valence-electron chi connectivity index (χ3n) is 3.68. The molecule has 0 saturated heterocycles. The second kappa shape index (κ2) is 6.08. The van der Waals surface area contributed by atoms with Crippen LogP contribution in [0.1, 0.15) is 31.2 Å². The van der Waals surface area contributed by atoms with E-state index < -0.39 is 0 Å². The first kappa shape index (κ1) is 13.8. The topological polar surface area (TPSA) is 66.9 Å². The Kier molecular flexibility index (Phi) is 3.99. The van der Waals surface area contributed by atoms with Gasteiger partial charge in [-0.3, -0.25) is 4.79 Å². The van der Waals surface area contributed by atoms with Crippen molar-refractivity contribution in [1.29, 1.82) is 0 Å². The molecule has 0 atom stereocenters. The van der Waals surface area contributed by atoms with Crippen molar-refractivity contribution >= 4 is 22.6 Å². The summed E-state index contributed by atoms with van der Waals surface area (Å²) in [6.45, 7) is 2.78. The summed E-state index contributed by atoms with van der Waals surface area (Å²) in [7, 11) is 0. The smallest absolute Gasteiger partial charge is 0.220 e. The Morgan fingerprint density at radius 1 is 1.33 bits per heavy atom. The first-order valence-corrected chi connectivity index (χ1v) is 7.47. The van der Waals surface area contributed by atoms with Crippen molar-refractivity contribution < 1.29 is 4.79 Å². The minimum absolute atomic E-state index is 0.155. The number of aromatic nitrogens is 2. The van der Waals surface area contributed by atoms with Crippen molar-refractivity contribution in [3.05, 3.63) is 30.1 Å². The van der Waals surface area contributed by atoms with Crippen LogP contribution in [-0.2, 0) is 4.79 Å². The molecule has 21 heavy (non-hydrogen) atoms. The minimum Gasteiger partial charge on any atom is -0.369 e. The van der Waals surface area contributed by atoms with Crippen molar-refractivity contribution in [2.24, 2.45) is 0 Å². The van der Waals surface area contributed by atoms with Gasteiger partial charge in [0.05, 0.1) is 5.52 Å². The van der Waals surface area contributed by atoms with Crippen molar-refractivity contribution in [1.82, 2.24) is 15.3 Å². The molecule has 0 radical (unpaired) electrons. The maximum Gasteiger partial charge on any atom is 0.220 e. The number of fused-ring (bicyclic) bond motifs is 1. The number of carbonyl (C=O) groups excluding carboxylic acids is 1. The van der Waals surface area contributed by atoms with Crippen LogP contribution in [0.4, 0.5) is 5.82 Å². The highest BCUT2D eigenvalue weighted by Gasteiger charge is 2.22. The highest BCUT2D eigenvalue weighted by molar-refractivity contribution is 5.90. The van der Waals surface area contributed by atoms with Gasteiger partial charge >= 0.3 is 0 Å². The van der Waals surface area contributed by atoms with Gasteiger partial charge in [0, 0.05) is 24.4 Å². The summed E-state index contributed by atoms with van der Waals surface area (Å²) in [6, 6.07) is 6.51. The number of amides is 1. The van der Waals surface area contributed by atoms with Crippen LogP contribution in [0.25, 0.3) is 10.9 Å². The lowest BCUT2D eigenvalue weighted by molar-refractivity contribution is -0.121. The molecular weight excluding hydrogens is 264 g/mol. The Labute approximate surface area is 124 Å². The van der Waals surface area contributed by atoms with Crippen molar-refractivity contribution in [3.63, 3.8) is 0 Å². The molecule has 0 unspecified atom stereocenters. The summed E-state index contributed by atoms with van der Waals surface area (Å²) in [5.41, 5.74) is 2.11. The number of anilines is 1. The molecule has 1 aromatic heterocycles. The van der Waals surface area contributed by atoms with Crippen LogP contribution >= 0.6 is 0 Å². The first-order chi connectivity index (χ1) is 10.2. The molecule has 0 aliphatic heterocycles. The number of rotatable bonds is 6. The zero-order chi connectivity index (χ0) is 14.7. The van der Waals surface area contributed by atoms with E-state index in [-0.39, 0.29) is 5.91 Å². The van der Waals surface area contributed by atoms with E-state index in [1.54, 1.807) is 6.33 Å². The van der Waals surface area contributed by atoms with Gasteiger partial charge in [0.25, 0.3) is 0 Å². The molecule has 3 rings (SSSR count). The van der Waals surface area contributed by atoms with E-state index in [9.17, 15) is 4.79 Å². The number of nitrogens with one attached hydrogen (secondary N) is 2. The Morgan fingerprint density at radius 3 is 3.00 bits per heavy atom. The van der Waals surface area contributed by atoms with Crippen molar-refractivity contribution in [2.75, 3.05) is 11.9 Å². The van der Waals surface area contributed by atoms with Gasteiger partial charge in [0.2, 0.25) is 5.91 Å². The molecule has 1 heterocycles. The summed E-state index contributed by atoms with van der Waals surface area (Å²) in [6.07, 6.45) is 5.21. The molecule has 1 amide bonds. The van der Waals surface area contributed by atoms with E-state index in [0.29, 0.717) is 12.5 Å². The summed E-state index contributed by atoms with van der Waals surface area (Å²) in [5.74, 6) is 0.994. The summed E-state index contributed by atoms with van der Waals surface area (Å²) < 4.78 is 0. The van der Waals surface area contributed by atoms with E-state index in [2.05, 4.69) is 20.6 Å². The summed E-state index contributed by atoms with van der Waals surface area (Å²) >= 11 is 0. The van der Waals surface area contributed by atoms with E-state index in [0.717, 1.165) is 48.1 Å². The average molecular weight is 284 g/mol. The molecule has 1 saturated carbocycles. The molecule has 2 N–H and O–H groups in total. The molecule has 110 valence electrons. The van der Waals surface area contributed by atoms with Gasteiger partial charge in [-0.25, -0.2) is 9.97 Å². The van der Waals surface area contributed by atoms with Crippen molar-refractivity contribution in [2.45, 2.75) is 38.6 Å². The number of para-hydroxylation sites is 1. The predicted molar refractivity (Wildman–Crippen MR) is 83.2 cm³/mol. The predicted octanol–water partition coefficient (Wildman–Crippen LogP) is 2.41. The fourth-order valence-electron chi connectivity index (χ4n) is 2.36. The average Bonchev–Trinajstić information content (AvgIpc) is 3.28. The highest BCUT2D eigenvalue weighted by Crippen LogP contribution is 2.21. The van der Waals surface area contributed by atoms with Gasteiger partial charge in [0.1, 0.15) is 12.1 Å². The van der Waals surface area contributed by atoms with Gasteiger partial charge in [0.15, 0.2) is 0 Å². The Bertz CT molecular complexity index is 652. The van der Waals surface area contributed by atoms with Crippen LogP contribution in [-0.4, -0.2) is 28.5 Å². The monoisotopic (exact) mass is 284 g/mol. The lowest BCUT2D eigenvalue weighted by atomic mass is 10.1. The molecule has 5 nitrogen and oxygen atoms in total. The second-order valence-corrected chi connectivity index (χ2v) is 5.57. The van der Waals surface area contributed by atoms with Crippen LogP contribution in [0.3, 0.4) is 0 Å². The van der Waals surface area contributed by atoms with Crippen LogP contribution < -0.4 is 10.6 Å². The van der Waals surface area contributed by atoms with Gasteiger partial charge in [-0.15, -0.1) is 0 Å². The van der Waals surface area contributed by atoms with Crippen LogP contribution in [0.5, 0.6) is 0 Å². The molecule has 5 heteroatoms. The van der Waals surface area contributed by atoms with E-state index in [1.807, 2.05) is 25.1 Å². The summed E-state index contributed by atoms with van der Waals surface area (Å²) in [4.78, 5) is 20.2. The maximum atomic E-state index is 11.6. The highest BCUT2D eigenvalue weighted by atomic mass is 16.1. The molecule has 0 bridgehead atoms. The molecule has 1 aliphatic rings. The number of nitrogens with zero attached hydrogens (tertiary/aromatic N) is 2. The van der Waals surface area contributed by atoms with Crippen LogP contribution in [0, 0.1) is 6.92 Å². The number of hydrogen-bond acceptors (Lipinski definition) is 4. The van der Waals surface area contributed by atoms with Crippen LogP contribution in [0.15, 0.2) is 24.5 Å². The molecular formula is C16H20N4O. The molecule has 1 aliphatic carbocycles. The largest absolute Gasteiger partial charge is 0.369 e. The second-order valence-electron chi connectivity index (χ2n) is 5.57. The molecule has 1 fully saturated rings. The van der Waals surface area contributed by atoms with E-state index in [1.165, 1.54) is 0 Å². The number of benzene rings is 1. The van der Waals surface area contributed by atoms with Crippen LogP contribution in [0.2, 0.25) is 0 Å². The van der Waals surface area contributed by atoms with Crippen molar-refractivity contribution in [3.8, 4) is 0 Å². The Morgan fingerprint density at radius 2 is 2.19 bits per heavy atom. The Balaban J connectivity index is 1.55. The minimum atomic E-state index is 0.155. The lowest BCUT2D eigenvalue weighted by Gasteiger charge is -2.09. The molecule has 1 aromatic carbocycles. The number of aryl methyl sites for hydroxylation is 1. The van der Waals surface area contributed by atoms with Gasteiger partial charge in [-0.1, -0.05) is 12.1 Å². The number of carbonyl (C=O) groups is 1. The molecule has 0 spiro atoms.